The van der Waals surface area contributed by atoms with Gasteiger partial charge in [0.15, 0.2) is 0 Å². The molecule has 3 aliphatic heterocycles. The molecule has 0 unspecified atom stereocenters. The van der Waals surface area contributed by atoms with Gasteiger partial charge in [0.25, 0.3) is 11.8 Å². The number of piperidine rings is 1. The highest BCUT2D eigenvalue weighted by Crippen LogP contribution is 2.55. The van der Waals surface area contributed by atoms with Crippen LogP contribution in [0.25, 0.3) is 0 Å². The predicted octanol–water partition coefficient (Wildman–Crippen LogP) is 6.51. The SMILES string of the molecule is CC1(C)C(NC(=O)c2ccc(CCCCCCN3CCN(c4ccc5c(c4)CN([C@@H]4CCC(=O)NC4=O)C5=O)CC3)cc2)C(C)(C)C1Oc1ccc(C#N)c(Cl)c1. The van der Waals surface area contributed by atoms with Crippen molar-refractivity contribution < 1.29 is 23.9 Å². The Bertz CT molecular complexity index is 2050. The fourth-order valence-electron chi connectivity index (χ4n) is 9.64. The minimum atomic E-state index is -0.596. The summed E-state index contributed by atoms with van der Waals surface area (Å²) in [5.41, 5.74) is 4.34. The minimum Gasteiger partial charge on any atom is -0.489 e. The number of nitrogens with one attached hydrogen (secondary N) is 2. The maximum absolute atomic E-state index is 13.4. The number of rotatable bonds is 13. The van der Waals surface area contributed by atoms with Gasteiger partial charge in [-0.05, 0) is 85.8 Å². The first-order chi connectivity index (χ1) is 27.3. The van der Waals surface area contributed by atoms with E-state index in [0.29, 0.717) is 40.4 Å². The van der Waals surface area contributed by atoms with Gasteiger partial charge < -0.3 is 19.9 Å². The molecular formula is C45H53ClN6O5. The topological polar surface area (TPSA) is 135 Å². The van der Waals surface area contributed by atoms with Crippen molar-refractivity contribution in [2.75, 3.05) is 37.6 Å². The van der Waals surface area contributed by atoms with Gasteiger partial charge in [-0.3, -0.25) is 29.4 Å². The molecule has 3 aromatic rings. The zero-order valence-corrected chi connectivity index (χ0v) is 34.2. The molecule has 11 nitrogen and oxygen atoms in total. The molecule has 1 aliphatic carbocycles. The van der Waals surface area contributed by atoms with E-state index in [-0.39, 0.29) is 53.0 Å². The van der Waals surface area contributed by atoms with Crippen LogP contribution in [0.1, 0.15) is 104 Å². The van der Waals surface area contributed by atoms with Gasteiger partial charge in [0.2, 0.25) is 11.8 Å². The fraction of sp³-hybridized carbons (Fsp3) is 0.489. The third kappa shape index (κ3) is 8.39. The standard InChI is InChI=1S/C45H53ClN6O5/c1-44(2)42(45(3,4)43(44)57-34-16-14-31(27-47)36(46)26-34)49-39(54)30-12-10-29(11-13-30)9-7-5-6-8-20-50-21-23-51(24-22-50)33-15-17-35-32(25-33)28-52(41(35)56)37-18-19-38(53)48-40(37)55/h10-17,25-26,37,42-43H,5-9,18-24,28H2,1-4H3,(H,49,54)(H,48,53,55)/t37-,42?,43?/m1/s1. The molecule has 0 aromatic heterocycles. The third-order valence-corrected chi connectivity index (χ3v) is 12.9. The second-order valence-corrected chi connectivity index (χ2v) is 17.6. The molecule has 57 heavy (non-hydrogen) atoms. The first-order valence-corrected chi connectivity index (χ1v) is 20.6. The van der Waals surface area contributed by atoms with Crippen molar-refractivity contribution in [1.29, 1.82) is 5.26 Å². The molecule has 12 heteroatoms. The van der Waals surface area contributed by atoms with Gasteiger partial charge in [-0.1, -0.05) is 64.3 Å². The summed E-state index contributed by atoms with van der Waals surface area (Å²) in [6, 6.07) is 20.5. The van der Waals surface area contributed by atoms with Crippen molar-refractivity contribution in [1.82, 2.24) is 20.4 Å². The number of piperazine rings is 1. The number of unbranched alkanes of at least 4 members (excludes halogenated alkanes) is 3. The maximum Gasteiger partial charge on any atom is 0.255 e. The lowest BCUT2D eigenvalue weighted by molar-refractivity contribution is -0.164. The third-order valence-electron chi connectivity index (χ3n) is 12.6. The lowest BCUT2D eigenvalue weighted by atomic mass is 9.49. The number of aryl methyl sites for hydroxylation is 1. The van der Waals surface area contributed by atoms with Crippen molar-refractivity contribution in [3.05, 3.63) is 93.5 Å². The first-order valence-electron chi connectivity index (χ1n) is 20.3. The van der Waals surface area contributed by atoms with Gasteiger partial charge in [-0.2, -0.15) is 5.26 Å². The van der Waals surface area contributed by atoms with E-state index < -0.39 is 6.04 Å². The molecule has 1 saturated carbocycles. The number of anilines is 1. The van der Waals surface area contributed by atoms with E-state index in [2.05, 4.69) is 72.4 Å². The van der Waals surface area contributed by atoms with E-state index in [1.165, 1.54) is 12.0 Å². The van der Waals surface area contributed by atoms with Crippen LogP contribution in [0.15, 0.2) is 60.7 Å². The summed E-state index contributed by atoms with van der Waals surface area (Å²) in [6.07, 6.45) is 6.06. The number of imide groups is 1. The Hall–Kier alpha value is -4.92. The van der Waals surface area contributed by atoms with Gasteiger partial charge in [0.1, 0.15) is 24.0 Å². The van der Waals surface area contributed by atoms with Gasteiger partial charge in [-0.15, -0.1) is 0 Å². The molecule has 0 radical (unpaired) electrons. The second kappa shape index (κ2) is 16.5. The highest BCUT2D eigenvalue weighted by molar-refractivity contribution is 6.31. The van der Waals surface area contributed by atoms with Crippen molar-refractivity contribution in [3.8, 4) is 11.8 Å². The van der Waals surface area contributed by atoms with Crippen molar-refractivity contribution in [2.24, 2.45) is 10.8 Å². The van der Waals surface area contributed by atoms with Crippen LogP contribution in [0.2, 0.25) is 5.02 Å². The molecular weight excluding hydrogens is 740 g/mol. The number of carbonyl (C=O) groups is 4. The van der Waals surface area contributed by atoms with Crippen LogP contribution in [-0.2, 0) is 22.6 Å². The number of fused-ring (bicyclic) bond motifs is 1. The van der Waals surface area contributed by atoms with E-state index in [4.69, 9.17) is 16.3 Å². The molecule has 3 aromatic carbocycles. The average molecular weight is 793 g/mol. The van der Waals surface area contributed by atoms with Gasteiger partial charge in [-0.25, -0.2) is 0 Å². The van der Waals surface area contributed by atoms with Crippen molar-refractivity contribution in [3.63, 3.8) is 0 Å². The molecule has 3 fully saturated rings. The average Bonchev–Trinajstić information content (AvgIpc) is 3.52. The molecule has 0 bridgehead atoms. The lowest BCUT2D eigenvalue weighted by Gasteiger charge is -2.63. The number of hydrogen-bond acceptors (Lipinski definition) is 8. The summed E-state index contributed by atoms with van der Waals surface area (Å²) in [5, 5.41) is 15.2. The van der Waals surface area contributed by atoms with Crippen molar-refractivity contribution in [2.45, 2.75) is 97.4 Å². The van der Waals surface area contributed by atoms with Crippen LogP contribution < -0.4 is 20.3 Å². The largest absolute Gasteiger partial charge is 0.489 e. The van der Waals surface area contributed by atoms with Crippen molar-refractivity contribution >= 4 is 40.9 Å². The summed E-state index contributed by atoms with van der Waals surface area (Å²) in [4.78, 5) is 56.9. The molecule has 0 spiro atoms. The smallest absolute Gasteiger partial charge is 0.255 e. The highest BCUT2D eigenvalue weighted by atomic mass is 35.5. The van der Waals surface area contributed by atoms with Gasteiger partial charge in [0.05, 0.1) is 10.6 Å². The number of nitrogens with zero attached hydrogens (tertiary/aromatic N) is 4. The van der Waals surface area contributed by atoms with E-state index in [1.807, 2.05) is 24.3 Å². The lowest BCUT2D eigenvalue weighted by Crippen LogP contribution is -2.74. The second-order valence-electron chi connectivity index (χ2n) is 17.2. The van der Waals surface area contributed by atoms with Crippen LogP contribution in [0.3, 0.4) is 0 Å². The molecule has 3 heterocycles. The van der Waals surface area contributed by atoms with Crippen LogP contribution in [0.4, 0.5) is 5.69 Å². The monoisotopic (exact) mass is 792 g/mol. The van der Waals surface area contributed by atoms with E-state index >= 15 is 0 Å². The Kier molecular flexibility index (Phi) is 11.7. The quantitative estimate of drug-likeness (QED) is 0.148. The number of halogens is 1. The summed E-state index contributed by atoms with van der Waals surface area (Å²) in [5.74, 6) is -0.275. The Morgan fingerprint density at radius 2 is 1.65 bits per heavy atom. The predicted molar refractivity (Wildman–Crippen MR) is 219 cm³/mol. The number of hydrogen-bond donors (Lipinski definition) is 2. The molecule has 2 N–H and O–H groups in total. The zero-order valence-electron chi connectivity index (χ0n) is 33.4. The maximum atomic E-state index is 13.4. The molecule has 7 rings (SSSR count). The zero-order chi connectivity index (χ0) is 40.5. The summed E-state index contributed by atoms with van der Waals surface area (Å²) in [6.45, 7) is 13.7. The fourth-order valence-corrected chi connectivity index (χ4v) is 9.85. The molecule has 4 aliphatic rings. The summed E-state index contributed by atoms with van der Waals surface area (Å²) in [7, 11) is 0. The normalized spacial score (nSPS) is 22.7. The Labute approximate surface area is 340 Å². The van der Waals surface area contributed by atoms with Crippen LogP contribution >= 0.6 is 11.6 Å². The van der Waals surface area contributed by atoms with Gasteiger partial charge in [0, 0.05) is 78.9 Å². The number of carbonyl (C=O) groups excluding carboxylic acids is 4. The molecule has 300 valence electrons. The number of amides is 4. The van der Waals surface area contributed by atoms with Crippen LogP contribution in [0, 0.1) is 22.2 Å². The molecule has 1 atom stereocenters. The number of benzene rings is 3. The summed E-state index contributed by atoms with van der Waals surface area (Å²) < 4.78 is 6.37. The molecule has 2 saturated heterocycles. The van der Waals surface area contributed by atoms with E-state index in [9.17, 15) is 24.4 Å². The number of nitriles is 1. The Morgan fingerprint density at radius 1 is 0.930 bits per heavy atom. The molecule has 4 amide bonds. The number of ether oxygens (including phenoxy) is 1. The first kappa shape index (κ1) is 40.3. The summed E-state index contributed by atoms with van der Waals surface area (Å²) >= 11 is 6.24. The Morgan fingerprint density at radius 3 is 2.33 bits per heavy atom. The van der Waals surface area contributed by atoms with Crippen LogP contribution in [0.5, 0.6) is 5.75 Å². The van der Waals surface area contributed by atoms with Crippen LogP contribution in [-0.4, -0.2) is 84.3 Å². The Balaban J connectivity index is 0.791. The van der Waals surface area contributed by atoms with E-state index in [1.54, 1.807) is 23.1 Å². The minimum absolute atomic E-state index is 0.0875. The van der Waals surface area contributed by atoms with E-state index in [0.717, 1.165) is 69.7 Å². The van der Waals surface area contributed by atoms with Gasteiger partial charge >= 0.3 is 0 Å². The highest BCUT2D eigenvalue weighted by Gasteiger charge is 2.64.